The molecule has 0 unspecified atom stereocenters. The molecule has 2 aliphatic heterocycles. The lowest BCUT2D eigenvalue weighted by Gasteiger charge is -2.40. The van der Waals surface area contributed by atoms with Crippen molar-refractivity contribution in [2.45, 2.75) is 45.4 Å². The quantitative estimate of drug-likeness (QED) is 0.402. The smallest absolute Gasteiger partial charge is 0.253 e. The molecule has 4 heterocycles. The SMILES string of the molecule is Cc1ccc(Cl)cc1N1CCN([C@H](c2cc3cccc(C)c3[nH]c2=O)c2nnnn2C[C@@H]2CCCO2)CC1. The molecule has 2 fully saturated rings. The van der Waals surface area contributed by atoms with E-state index < -0.39 is 0 Å². The first kappa shape index (κ1) is 25.0. The molecule has 4 aromatic rings. The van der Waals surface area contributed by atoms with Crippen LogP contribution in [0.25, 0.3) is 10.9 Å². The maximum absolute atomic E-state index is 13.6. The number of nitrogens with one attached hydrogen (secondary N) is 1. The molecule has 0 bridgehead atoms. The molecule has 2 atom stereocenters. The van der Waals surface area contributed by atoms with E-state index in [-0.39, 0.29) is 17.7 Å². The van der Waals surface area contributed by atoms with Gasteiger partial charge in [0.2, 0.25) is 0 Å². The summed E-state index contributed by atoms with van der Waals surface area (Å²) < 4.78 is 7.70. The van der Waals surface area contributed by atoms with E-state index in [9.17, 15) is 4.79 Å². The van der Waals surface area contributed by atoms with Gasteiger partial charge in [-0.1, -0.05) is 35.9 Å². The predicted octanol–water partition coefficient (Wildman–Crippen LogP) is 3.88. The molecule has 0 aliphatic carbocycles. The van der Waals surface area contributed by atoms with Crippen LogP contribution in [0.15, 0.2) is 47.3 Å². The molecule has 0 radical (unpaired) electrons. The Balaban J connectivity index is 1.37. The van der Waals surface area contributed by atoms with Gasteiger partial charge in [-0.2, -0.15) is 0 Å². The monoisotopic (exact) mass is 533 g/mol. The van der Waals surface area contributed by atoms with E-state index in [2.05, 4.69) is 43.3 Å². The average Bonchev–Trinajstić information content (AvgIpc) is 3.60. The van der Waals surface area contributed by atoms with Crippen LogP contribution >= 0.6 is 11.6 Å². The van der Waals surface area contributed by atoms with Gasteiger partial charge in [-0.05, 0) is 71.8 Å². The Labute approximate surface area is 226 Å². The highest BCUT2D eigenvalue weighted by Gasteiger charge is 2.34. The third-order valence-corrected chi connectivity index (χ3v) is 8.04. The number of anilines is 1. The molecule has 6 rings (SSSR count). The number of rotatable bonds is 6. The van der Waals surface area contributed by atoms with Crippen molar-refractivity contribution < 1.29 is 4.74 Å². The molecule has 198 valence electrons. The third kappa shape index (κ3) is 4.81. The van der Waals surface area contributed by atoms with Crippen LogP contribution in [-0.2, 0) is 11.3 Å². The predicted molar refractivity (Wildman–Crippen MR) is 148 cm³/mol. The minimum atomic E-state index is -0.386. The van der Waals surface area contributed by atoms with Crippen LogP contribution in [-0.4, -0.2) is 69.0 Å². The van der Waals surface area contributed by atoms with Crippen molar-refractivity contribution in [2.24, 2.45) is 0 Å². The highest BCUT2D eigenvalue weighted by Crippen LogP contribution is 2.31. The van der Waals surface area contributed by atoms with Gasteiger partial charge in [0.05, 0.1) is 18.2 Å². The molecule has 0 spiro atoms. The van der Waals surface area contributed by atoms with E-state index in [1.807, 2.05) is 48.0 Å². The maximum atomic E-state index is 13.6. The minimum Gasteiger partial charge on any atom is -0.376 e. The summed E-state index contributed by atoms with van der Waals surface area (Å²) in [6, 6.07) is 13.7. The Kier molecular flexibility index (Phi) is 6.90. The van der Waals surface area contributed by atoms with Gasteiger partial charge in [-0.25, -0.2) is 4.68 Å². The van der Waals surface area contributed by atoms with Gasteiger partial charge in [0.15, 0.2) is 5.82 Å². The zero-order chi connectivity index (χ0) is 26.2. The molecule has 10 heteroatoms. The number of fused-ring (bicyclic) bond motifs is 1. The molecule has 0 amide bonds. The summed E-state index contributed by atoms with van der Waals surface area (Å²) in [7, 11) is 0. The number of hydrogen-bond donors (Lipinski definition) is 1. The van der Waals surface area contributed by atoms with Crippen LogP contribution in [0.1, 0.15) is 41.4 Å². The summed E-state index contributed by atoms with van der Waals surface area (Å²) in [5.41, 5.74) is 4.78. The Morgan fingerprint density at radius 2 is 1.95 bits per heavy atom. The Hall–Kier alpha value is -3.27. The second-order valence-corrected chi connectivity index (χ2v) is 10.7. The molecular weight excluding hydrogens is 502 g/mol. The number of hydrogen-bond acceptors (Lipinski definition) is 7. The Morgan fingerprint density at radius 1 is 1.11 bits per heavy atom. The molecule has 0 saturated carbocycles. The number of nitrogens with zero attached hydrogens (tertiary/aromatic N) is 6. The topological polar surface area (TPSA) is 92.2 Å². The number of H-pyrrole nitrogens is 1. The van der Waals surface area contributed by atoms with Crippen molar-refractivity contribution in [3.05, 3.63) is 80.4 Å². The molecule has 38 heavy (non-hydrogen) atoms. The lowest BCUT2D eigenvalue weighted by Crippen LogP contribution is -2.49. The van der Waals surface area contributed by atoms with Crippen molar-refractivity contribution in [1.82, 2.24) is 30.1 Å². The summed E-state index contributed by atoms with van der Waals surface area (Å²) in [4.78, 5) is 21.4. The van der Waals surface area contributed by atoms with E-state index in [1.165, 1.54) is 5.56 Å². The first-order chi connectivity index (χ1) is 18.5. The number of benzene rings is 2. The highest BCUT2D eigenvalue weighted by molar-refractivity contribution is 6.30. The van der Waals surface area contributed by atoms with E-state index in [4.69, 9.17) is 16.3 Å². The van der Waals surface area contributed by atoms with Crippen molar-refractivity contribution >= 4 is 28.2 Å². The van der Waals surface area contributed by atoms with Gasteiger partial charge < -0.3 is 14.6 Å². The fourth-order valence-corrected chi connectivity index (χ4v) is 5.93. The Bertz CT molecular complexity index is 1500. The van der Waals surface area contributed by atoms with Crippen LogP contribution in [0.2, 0.25) is 5.02 Å². The van der Waals surface area contributed by atoms with E-state index in [0.717, 1.165) is 72.8 Å². The highest BCUT2D eigenvalue weighted by atomic mass is 35.5. The van der Waals surface area contributed by atoms with E-state index in [0.29, 0.717) is 17.9 Å². The average molecular weight is 534 g/mol. The number of aromatic nitrogens is 5. The molecule has 2 saturated heterocycles. The number of aromatic amines is 1. The number of piperazine rings is 1. The fourth-order valence-electron chi connectivity index (χ4n) is 5.77. The van der Waals surface area contributed by atoms with Crippen LogP contribution in [0.4, 0.5) is 5.69 Å². The lowest BCUT2D eigenvalue weighted by atomic mass is 10.0. The first-order valence-corrected chi connectivity index (χ1v) is 13.6. The summed E-state index contributed by atoms with van der Waals surface area (Å²) in [6.45, 7) is 8.55. The van der Waals surface area contributed by atoms with Gasteiger partial charge in [0.25, 0.3) is 5.56 Å². The normalized spacial score (nSPS) is 19.3. The van der Waals surface area contributed by atoms with Gasteiger partial charge in [0, 0.05) is 49.1 Å². The summed E-state index contributed by atoms with van der Waals surface area (Å²) in [5, 5.41) is 14.6. The van der Waals surface area contributed by atoms with E-state index in [1.54, 1.807) is 0 Å². The minimum absolute atomic E-state index is 0.0816. The standard InChI is InChI=1S/C28H32ClN7O2/c1-18-8-9-21(29)16-24(18)34-10-12-35(13-11-34)26(27-31-32-33-36(27)17-22-7-4-14-38-22)23-15-20-6-3-5-19(2)25(20)30-28(23)37/h3,5-6,8-9,15-16,22,26H,4,7,10-14,17H2,1-2H3,(H,30,37)/t22-,26+/m0/s1. The number of pyridine rings is 1. The maximum Gasteiger partial charge on any atom is 0.253 e. The lowest BCUT2D eigenvalue weighted by molar-refractivity contribution is 0.0906. The van der Waals surface area contributed by atoms with Crippen molar-refractivity contribution in [1.29, 1.82) is 0 Å². The van der Waals surface area contributed by atoms with Crippen molar-refractivity contribution in [2.75, 3.05) is 37.7 Å². The van der Waals surface area contributed by atoms with Crippen molar-refractivity contribution in [3.63, 3.8) is 0 Å². The zero-order valence-corrected chi connectivity index (χ0v) is 22.5. The molecule has 1 N–H and O–H groups in total. The summed E-state index contributed by atoms with van der Waals surface area (Å²) in [5.74, 6) is 0.672. The van der Waals surface area contributed by atoms with Crippen LogP contribution < -0.4 is 10.5 Å². The number of halogens is 1. The third-order valence-electron chi connectivity index (χ3n) is 7.81. The van der Waals surface area contributed by atoms with Gasteiger partial charge >= 0.3 is 0 Å². The number of ether oxygens (including phenoxy) is 1. The first-order valence-electron chi connectivity index (χ1n) is 13.2. The Morgan fingerprint density at radius 3 is 2.74 bits per heavy atom. The summed E-state index contributed by atoms with van der Waals surface area (Å²) >= 11 is 6.32. The summed E-state index contributed by atoms with van der Waals surface area (Å²) in [6.07, 6.45) is 2.11. The van der Waals surface area contributed by atoms with E-state index >= 15 is 0 Å². The number of aryl methyl sites for hydroxylation is 2. The molecule has 2 aromatic carbocycles. The largest absolute Gasteiger partial charge is 0.376 e. The fraction of sp³-hybridized carbons (Fsp3) is 0.429. The second kappa shape index (κ2) is 10.5. The molecule has 2 aliphatic rings. The van der Waals surface area contributed by atoms with Crippen LogP contribution in [0.3, 0.4) is 0 Å². The molecule has 9 nitrogen and oxygen atoms in total. The van der Waals surface area contributed by atoms with Gasteiger partial charge in [0.1, 0.15) is 6.04 Å². The second-order valence-electron chi connectivity index (χ2n) is 10.3. The van der Waals surface area contributed by atoms with Crippen molar-refractivity contribution in [3.8, 4) is 0 Å². The van der Waals surface area contributed by atoms with Gasteiger partial charge in [-0.15, -0.1) is 5.10 Å². The van der Waals surface area contributed by atoms with Gasteiger partial charge in [-0.3, -0.25) is 9.69 Å². The van der Waals surface area contributed by atoms with Crippen LogP contribution in [0.5, 0.6) is 0 Å². The molecular formula is C28H32ClN7O2. The molecule has 2 aromatic heterocycles. The number of tetrazole rings is 1. The zero-order valence-electron chi connectivity index (χ0n) is 21.7. The number of para-hydroxylation sites is 1. The van der Waals surface area contributed by atoms with Crippen LogP contribution in [0, 0.1) is 13.8 Å².